The number of nitrogens with zero attached hydrogens (tertiary/aromatic N) is 1. The second-order valence-corrected chi connectivity index (χ2v) is 6.50. The van der Waals surface area contributed by atoms with Crippen LogP contribution in [0.15, 0.2) is 18.2 Å². The second kappa shape index (κ2) is 6.23. The molecule has 1 N–H and O–H groups in total. The fourth-order valence-electron chi connectivity index (χ4n) is 3.13. The lowest BCUT2D eigenvalue weighted by Crippen LogP contribution is -2.39. The van der Waals surface area contributed by atoms with Gasteiger partial charge in [0.25, 0.3) is 0 Å². The van der Waals surface area contributed by atoms with Gasteiger partial charge in [0, 0.05) is 19.1 Å². The Kier molecular flexibility index (Phi) is 4.37. The summed E-state index contributed by atoms with van der Waals surface area (Å²) >= 11 is 0. The molecule has 1 aliphatic carbocycles. The highest BCUT2D eigenvalue weighted by Gasteiger charge is 2.24. The molecule has 3 heteroatoms. The molecule has 0 bridgehead atoms. The number of aryl methyl sites for hydroxylation is 1. The maximum atomic E-state index is 13.4. The van der Waals surface area contributed by atoms with E-state index in [0.29, 0.717) is 0 Å². The number of halogens is 1. The molecular weight excluding hydrogens is 251 g/mol. The van der Waals surface area contributed by atoms with E-state index in [0.717, 1.165) is 43.7 Å². The highest BCUT2D eigenvalue weighted by atomic mass is 19.1. The first-order valence-corrected chi connectivity index (χ1v) is 7.91. The molecule has 1 atom stereocenters. The van der Waals surface area contributed by atoms with Gasteiger partial charge in [-0.15, -0.1) is 0 Å². The van der Waals surface area contributed by atoms with E-state index in [9.17, 15) is 4.39 Å². The molecule has 0 radical (unpaired) electrons. The summed E-state index contributed by atoms with van der Waals surface area (Å²) in [6, 6.07) is 5.94. The Bertz CT molecular complexity index is 456. The number of rotatable bonds is 5. The Hall–Kier alpha value is -0.930. The molecule has 0 spiro atoms. The number of likely N-dealkylation sites (tertiary alicyclic amines) is 1. The van der Waals surface area contributed by atoms with E-state index in [1.54, 1.807) is 12.1 Å². The lowest BCUT2D eigenvalue weighted by atomic mass is 9.97. The van der Waals surface area contributed by atoms with Gasteiger partial charge in [-0.25, -0.2) is 4.39 Å². The zero-order valence-corrected chi connectivity index (χ0v) is 12.4. The Morgan fingerprint density at radius 3 is 2.95 bits per heavy atom. The largest absolute Gasteiger partial charge is 0.314 e. The van der Waals surface area contributed by atoms with Crippen molar-refractivity contribution in [2.75, 3.05) is 19.6 Å². The maximum absolute atomic E-state index is 13.4. The molecule has 1 aromatic rings. The normalized spacial score (nSPS) is 24.0. The summed E-state index contributed by atoms with van der Waals surface area (Å²) in [6.45, 7) is 6.42. The van der Waals surface area contributed by atoms with Crippen molar-refractivity contribution in [2.45, 2.75) is 45.2 Å². The van der Waals surface area contributed by atoms with Crippen LogP contribution in [-0.4, -0.2) is 30.6 Å². The predicted octanol–water partition coefficient (Wildman–Crippen LogP) is 3.10. The lowest BCUT2D eigenvalue weighted by molar-refractivity contribution is 0.165. The zero-order chi connectivity index (χ0) is 13.9. The van der Waals surface area contributed by atoms with E-state index < -0.39 is 0 Å². The third-order valence-electron chi connectivity index (χ3n) is 4.58. The van der Waals surface area contributed by atoms with Crippen LogP contribution in [0.25, 0.3) is 0 Å². The van der Waals surface area contributed by atoms with Crippen molar-refractivity contribution in [1.82, 2.24) is 10.2 Å². The van der Waals surface area contributed by atoms with Crippen LogP contribution in [0.2, 0.25) is 0 Å². The number of piperidine rings is 1. The minimum atomic E-state index is -0.116. The summed E-state index contributed by atoms with van der Waals surface area (Å²) in [5, 5.41) is 3.64. The van der Waals surface area contributed by atoms with Crippen LogP contribution >= 0.6 is 0 Å². The van der Waals surface area contributed by atoms with Crippen LogP contribution in [-0.2, 0) is 6.54 Å². The fourth-order valence-corrected chi connectivity index (χ4v) is 3.13. The minimum absolute atomic E-state index is 0.116. The van der Waals surface area contributed by atoms with Crippen molar-refractivity contribution < 1.29 is 4.39 Å². The van der Waals surface area contributed by atoms with E-state index in [1.165, 1.54) is 31.2 Å². The van der Waals surface area contributed by atoms with Gasteiger partial charge in [-0.05, 0) is 74.9 Å². The number of nitrogens with one attached hydrogen (secondary N) is 1. The predicted molar refractivity (Wildman–Crippen MR) is 80.2 cm³/mol. The first-order chi connectivity index (χ1) is 9.70. The fraction of sp³-hybridized carbons (Fsp3) is 0.647. The number of hydrogen-bond acceptors (Lipinski definition) is 2. The number of benzene rings is 1. The van der Waals surface area contributed by atoms with Gasteiger partial charge in [-0.2, -0.15) is 0 Å². The molecule has 3 rings (SSSR count). The molecule has 110 valence electrons. The standard InChI is InChI=1S/C17H25FN2/c1-13-4-5-16(18)9-15(13)12-20-8-2-3-14(11-20)10-19-17-6-7-17/h4-5,9,14,17,19H,2-3,6-8,10-12H2,1H3. The molecule has 1 heterocycles. The van der Waals surface area contributed by atoms with Crippen LogP contribution in [0.5, 0.6) is 0 Å². The smallest absolute Gasteiger partial charge is 0.123 e. The summed E-state index contributed by atoms with van der Waals surface area (Å²) in [4.78, 5) is 2.49. The van der Waals surface area contributed by atoms with E-state index in [1.807, 2.05) is 6.07 Å². The van der Waals surface area contributed by atoms with Crippen molar-refractivity contribution in [3.8, 4) is 0 Å². The monoisotopic (exact) mass is 276 g/mol. The van der Waals surface area contributed by atoms with E-state index in [2.05, 4.69) is 17.1 Å². The molecule has 1 unspecified atom stereocenters. The van der Waals surface area contributed by atoms with E-state index >= 15 is 0 Å². The van der Waals surface area contributed by atoms with Gasteiger partial charge in [0.15, 0.2) is 0 Å². The molecule has 1 saturated carbocycles. The summed E-state index contributed by atoms with van der Waals surface area (Å²) < 4.78 is 13.4. The van der Waals surface area contributed by atoms with Crippen LogP contribution in [0, 0.1) is 18.7 Å². The van der Waals surface area contributed by atoms with Gasteiger partial charge < -0.3 is 5.32 Å². The lowest BCUT2D eigenvalue weighted by Gasteiger charge is -2.33. The van der Waals surface area contributed by atoms with E-state index in [4.69, 9.17) is 0 Å². The van der Waals surface area contributed by atoms with Crippen molar-refractivity contribution in [3.63, 3.8) is 0 Å². The van der Waals surface area contributed by atoms with Crippen LogP contribution < -0.4 is 5.32 Å². The molecule has 2 aliphatic rings. The average molecular weight is 276 g/mol. The summed E-state index contributed by atoms with van der Waals surface area (Å²) in [6.07, 6.45) is 5.32. The van der Waals surface area contributed by atoms with Gasteiger partial charge in [0.2, 0.25) is 0 Å². The summed E-state index contributed by atoms with van der Waals surface area (Å²) in [7, 11) is 0. The molecule has 1 aromatic carbocycles. The van der Waals surface area contributed by atoms with Crippen molar-refractivity contribution in [2.24, 2.45) is 5.92 Å². The average Bonchev–Trinajstić information content (AvgIpc) is 3.25. The van der Waals surface area contributed by atoms with Gasteiger partial charge in [0.05, 0.1) is 0 Å². The molecule has 0 amide bonds. The zero-order valence-electron chi connectivity index (χ0n) is 12.4. The van der Waals surface area contributed by atoms with Gasteiger partial charge >= 0.3 is 0 Å². The molecule has 20 heavy (non-hydrogen) atoms. The molecule has 0 aromatic heterocycles. The Labute approximate surface area is 121 Å². The van der Waals surface area contributed by atoms with Crippen molar-refractivity contribution >= 4 is 0 Å². The van der Waals surface area contributed by atoms with Crippen molar-refractivity contribution in [3.05, 3.63) is 35.1 Å². The third-order valence-corrected chi connectivity index (χ3v) is 4.58. The SMILES string of the molecule is Cc1ccc(F)cc1CN1CCCC(CNC2CC2)C1. The maximum Gasteiger partial charge on any atom is 0.123 e. The van der Waals surface area contributed by atoms with Crippen LogP contribution in [0.4, 0.5) is 4.39 Å². The first kappa shape index (κ1) is 14.0. The highest BCUT2D eigenvalue weighted by Crippen LogP contribution is 2.23. The molecular formula is C17H25FN2. The Morgan fingerprint density at radius 1 is 1.30 bits per heavy atom. The van der Waals surface area contributed by atoms with E-state index in [-0.39, 0.29) is 5.82 Å². The van der Waals surface area contributed by atoms with Gasteiger partial charge in [-0.1, -0.05) is 6.07 Å². The minimum Gasteiger partial charge on any atom is -0.314 e. The Balaban J connectivity index is 1.54. The van der Waals surface area contributed by atoms with Crippen molar-refractivity contribution in [1.29, 1.82) is 0 Å². The third kappa shape index (κ3) is 3.80. The molecule has 2 nitrogen and oxygen atoms in total. The number of hydrogen-bond donors (Lipinski definition) is 1. The second-order valence-electron chi connectivity index (χ2n) is 6.50. The van der Waals surface area contributed by atoms with Crippen LogP contribution in [0.3, 0.4) is 0 Å². The molecule has 1 aliphatic heterocycles. The summed E-state index contributed by atoms with van der Waals surface area (Å²) in [5.41, 5.74) is 2.34. The highest BCUT2D eigenvalue weighted by molar-refractivity contribution is 5.26. The van der Waals surface area contributed by atoms with Gasteiger partial charge in [-0.3, -0.25) is 4.90 Å². The molecule has 1 saturated heterocycles. The van der Waals surface area contributed by atoms with Gasteiger partial charge in [0.1, 0.15) is 5.82 Å². The topological polar surface area (TPSA) is 15.3 Å². The van der Waals surface area contributed by atoms with Crippen LogP contribution in [0.1, 0.15) is 36.8 Å². The first-order valence-electron chi connectivity index (χ1n) is 7.91. The quantitative estimate of drug-likeness (QED) is 0.889. The molecule has 2 fully saturated rings. The Morgan fingerprint density at radius 2 is 2.15 bits per heavy atom. The summed E-state index contributed by atoms with van der Waals surface area (Å²) in [5.74, 6) is 0.646.